The lowest BCUT2D eigenvalue weighted by atomic mass is 10.2. The fourth-order valence-electron chi connectivity index (χ4n) is 1.71. The smallest absolute Gasteiger partial charge is 0.133 e. The Morgan fingerprint density at radius 2 is 1.85 bits per heavy atom. The fourth-order valence-corrected chi connectivity index (χ4v) is 1.88. The van der Waals surface area contributed by atoms with Crippen LogP contribution >= 0.6 is 11.6 Å². The summed E-state index contributed by atoms with van der Waals surface area (Å²) >= 11 is 6.01. The highest BCUT2D eigenvalue weighted by Crippen LogP contribution is 2.28. The molecule has 0 saturated heterocycles. The molecule has 2 nitrogen and oxygen atoms in total. The largest absolute Gasteiger partial charge is 0.457 e. The van der Waals surface area contributed by atoms with Crippen LogP contribution in [0.3, 0.4) is 0 Å². The van der Waals surface area contributed by atoms with Crippen molar-refractivity contribution in [1.82, 2.24) is 5.32 Å². The molecule has 0 bridgehead atoms. The molecule has 106 valence electrons. The molecule has 0 heterocycles. The second-order valence-electron chi connectivity index (χ2n) is 4.84. The van der Waals surface area contributed by atoms with Gasteiger partial charge in [0.1, 0.15) is 17.3 Å². The monoisotopic (exact) mass is 293 g/mol. The molecule has 0 saturated carbocycles. The van der Waals surface area contributed by atoms with Crippen LogP contribution in [0.4, 0.5) is 4.39 Å². The number of hydrogen-bond acceptors (Lipinski definition) is 2. The molecule has 2 aromatic rings. The van der Waals surface area contributed by atoms with Crippen LogP contribution in [0.2, 0.25) is 5.02 Å². The lowest BCUT2D eigenvalue weighted by Crippen LogP contribution is -2.22. The molecular formula is C16H17ClFNO. The first-order valence-corrected chi connectivity index (χ1v) is 6.87. The van der Waals surface area contributed by atoms with Crippen molar-refractivity contribution in [2.45, 2.75) is 26.4 Å². The van der Waals surface area contributed by atoms with E-state index in [1.54, 1.807) is 18.2 Å². The molecule has 0 fully saturated rings. The van der Waals surface area contributed by atoms with Crippen LogP contribution in [0.1, 0.15) is 19.4 Å². The van der Waals surface area contributed by atoms with E-state index in [-0.39, 0.29) is 5.82 Å². The molecule has 0 spiro atoms. The molecule has 2 rings (SSSR count). The van der Waals surface area contributed by atoms with Gasteiger partial charge >= 0.3 is 0 Å². The van der Waals surface area contributed by atoms with Gasteiger partial charge in [-0.25, -0.2) is 4.39 Å². The fraction of sp³-hybridized carbons (Fsp3) is 0.250. The normalized spacial score (nSPS) is 10.8. The maximum atomic E-state index is 12.9. The molecule has 0 unspecified atom stereocenters. The van der Waals surface area contributed by atoms with Crippen molar-refractivity contribution in [3.05, 3.63) is 58.9 Å². The number of nitrogens with one attached hydrogen (secondary N) is 1. The molecular weight excluding hydrogens is 277 g/mol. The lowest BCUT2D eigenvalue weighted by molar-refractivity contribution is 0.468. The molecule has 0 aliphatic rings. The van der Waals surface area contributed by atoms with Crippen LogP contribution in [-0.4, -0.2) is 6.04 Å². The Morgan fingerprint density at radius 3 is 2.50 bits per heavy atom. The van der Waals surface area contributed by atoms with Crippen LogP contribution in [-0.2, 0) is 6.54 Å². The van der Waals surface area contributed by atoms with Gasteiger partial charge in [-0.1, -0.05) is 31.5 Å². The zero-order valence-electron chi connectivity index (χ0n) is 11.5. The Bertz CT molecular complexity index is 569. The number of ether oxygens (including phenoxy) is 1. The average molecular weight is 294 g/mol. The van der Waals surface area contributed by atoms with Crippen molar-refractivity contribution in [1.29, 1.82) is 0 Å². The first-order chi connectivity index (χ1) is 9.54. The molecule has 0 aromatic heterocycles. The van der Waals surface area contributed by atoms with Gasteiger partial charge in [-0.3, -0.25) is 0 Å². The quantitative estimate of drug-likeness (QED) is 0.857. The Labute approximate surface area is 123 Å². The molecule has 4 heteroatoms. The zero-order valence-corrected chi connectivity index (χ0v) is 12.2. The van der Waals surface area contributed by atoms with Crippen LogP contribution in [0.15, 0.2) is 42.5 Å². The summed E-state index contributed by atoms with van der Waals surface area (Å²) in [5.74, 6) is 0.974. The van der Waals surface area contributed by atoms with Crippen LogP contribution < -0.4 is 10.1 Å². The molecule has 1 N–H and O–H groups in total. The Kier molecular flexibility index (Phi) is 4.99. The predicted molar refractivity (Wildman–Crippen MR) is 79.9 cm³/mol. The van der Waals surface area contributed by atoms with E-state index in [2.05, 4.69) is 19.2 Å². The van der Waals surface area contributed by atoms with Gasteiger partial charge in [-0.15, -0.1) is 0 Å². The van der Waals surface area contributed by atoms with E-state index in [4.69, 9.17) is 16.3 Å². The SMILES string of the molecule is CC(C)NCc1ccc(Cl)cc1Oc1ccc(F)cc1. The molecule has 0 radical (unpaired) electrons. The average Bonchev–Trinajstić information content (AvgIpc) is 2.40. The summed E-state index contributed by atoms with van der Waals surface area (Å²) in [7, 11) is 0. The van der Waals surface area contributed by atoms with Crippen molar-refractivity contribution in [3.63, 3.8) is 0 Å². The van der Waals surface area contributed by atoms with Gasteiger partial charge in [0.15, 0.2) is 0 Å². The van der Waals surface area contributed by atoms with Gasteiger partial charge in [-0.05, 0) is 36.4 Å². The van der Waals surface area contributed by atoms with Crippen molar-refractivity contribution < 1.29 is 9.13 Å². The van der Waals surface area contributed by atoms with E-state index in [0.29, 0.717) is 29.1 Å². The molecule has 0 atom stereocenters. The number of hydrogen-bond donors (Lipinski definition) is 1. The molecule has 0 amide bonds. The van der Waals surface area contributed by atoms with Crippen molar-refractivity contribution in [2.75, 3.05) is 0 Å². The van der Waals surface area contributed by atoms with Crippen molar-refractivity contribution in [3.8, 4) is 11.5 Å². The van der Waals surface area contributed by atoms with Gasteiger partial charge in [0.05, 0.1) is 0 Å². The molecule has 0 aliphatic carbocycles. The minimum absolute atomic E-state index is 0.287. The Balaban J connectivity index is 2.20. The van der Waals surface area contributed by atoms with Crippen LogP contribution in [0, 0.1) is 5.82 Å². The first-order valence-electron chi connectivity index (χ1n) is 6.50. The van der Waals surface area contributed by atoms with E-state index < -0.39 is 0 Å². The molecule has 20 heavy (non-hydrogen) atoms. The number of benzene rings is 2. The van der Waals surface area contributed by atoms with E-state index in [9.17, 15) is 4.39 Å². The first kappa shape index (κ1) is 14.8. The minimum atomic E-state index is -0.287. The highest BCUT2D eigenvalue weighted by Gasteiger charge is 2.07. The topological polar surface area (TPSA) is 21.3 Å². The zero-order chi connectivity index (χ0) is 14.5. The standard InChI is InChI=1S/C16H17ClFNO/c1-11(2)19-10-12-3-4-13(17)9-16(12)20-15-7-5-14(18)6-8-15/h3-9,11,19H,10H2,1-2H3. The molecule has 2 aromatic carbocycles. The van der Waals surface area contributed by atoms with E-state index in [1.165, 1.54) is 12.1 Å². The third kappa shape index (κ3) is 4.22. The van der Waals surface area contributed by atoms with E-state index in [1.807, 2.05) is 12.1 Å². The predicted octanol–water partition coefficient (Wildman–Crippen LogP) is 4.77. The highest BCUT2D eigenvalue weighted by molar-refractivity contribution is 6.30. The van der Waals surface area contributed by atoms with Gasteiger partial charge in [-0.2, -0.15) is 0 Å². The Hall–Kier alpha value is -1.58. The molecule has 0 aliphatic heterocycles. The number of rotatable bonds is 5. The van der Waals surface area contributed by atoms with Gasteiger partial charge in [0.2, 0.25) is 0 Å². The summed E-state index contributed by atoms with van der Waals surface area (Å²) in [5, 5.41) is 3.94. The number of halogens is 2. The summed E-state index contributed by atoms with van der Waals surface area (Å²) in [6.45, 7) is 4.85. The summed E-state index contributed by atoms with van der Waals surface area (Å²) in [6, 6.07) is 11.8. The van der Waals surface area contributed by atoms with Gasteiger partial charge < -0.3 is 10.1 Å². The lowest BCUT2D eigenvalue weighted by Gasteiger charge is -2.14. The summed E-state index contributed by atoms with van der Waals surface area (Å²) in [6.07, 6.45) is 0. The second kappa shape index (κ2) is 6.73. The highest BCUT2D eigenvalue weighted by atomic mass is 35.5. The van der Waals surface area contributed by atoms with Crippen LogP contribution in [0.5, 0.6) is 11.5 Å². The minimum Gasteiger partial charge on any atom is -0.457 e. The second-order valence-corrected chi connectivity index (χ2v) is 5.28. The third-order valence-corrected chi connectivity index (χ3v) is 3.01. The Morgan fingerprint density at radius 1 is 1.15 bits per heavy atom. The summed E-state index contributed by atoms with van der Waals surface area (Å²) in [4.78, 5) is 0. The van der Waals surface area contributed by atoms with E-state index >= 15 is 0 Å². The van der Waals surface area contributed by atoms with Crippen molar-refractivity contribution in [2.24, 2.45) is 0 Å². The van der Waals surface area contributed by atoms with Crippen LogP contribution in [0.25, 0.3) is 0 Å². The third-order valence-electron chi connectivity index (χ3n) is 2.77. The van der Waals surface area contributed by atoms with Gasteiger partial charge in [0, 0.05) is 23.2 Å². The van der Waals surface area contributed by atoms with Crippen molar-refractivity contribution >= 4 is 11.6 Å². The summed E-state index contributed by atoms with van der Waals surface area (Å²) in [5.41, 5.74) is 1.01. The summed E-state index contributed by atoms with van der Waals surface area (Å²) < 4.78 is 18.7. The maximum Gasteiger partial charge on any atom is 0.133 e. The van der Waals surface area contributed by atoms with E-state index in [0.717, 1.165) is 5.56 Å². The van der Waals surface area contributed by atoms with Gasteiger partial charge in [0.25, 0.3) is 0 Å². The maximum absolute atomic E-state index is 12.9.